The molecule has 0 bridgehead atoms. The number of ether oxygens (including phenoxy) is 1. The van der Waals surface area contributed by atoms with Crippen molar-refractivity contribution in [2.45, 2.75) is 13.5 Å². The van der Waals surface area contributed by atoms with E-state index in [2.05, 4.69) is 9.97 Å². The lowest BCUT2D eigenvalue weighted by molar-refractivity contribution is 0.300. The molecule has 17 heavy (non-hydrogen) atoms. The molecule has 0 atom stereocenters. The van der Waals surface area contributed by atoms with Crippen molar-refractivity contribution in [3.63, 3.8) is 0 Å². The molecular weight excluding hydrogens is 218 g/mol. The summed E-state index contributed by atoms with van der Waals surface area (Å²) in [5.74, 6) is 1.27. The number of H-pyrrole nitrogens is 1. The van der Waals surface area contributed by atoms with Gasteiger partial charge < -0.3 is 15.5 Å². The van der Waals surface area contributed by atoms with Crippen LogP contribution in [-0.4, -0.2) is 9.97 Å². The monoisotopic (exact) mass is 231 g/mol. The second-order valence-corrected chi connectivity index (χ2v) is 3.68. The normalized spacial score (nSPS) is 10.2. The molecule has 2 aromatic rings. The molecule has 5 nitrogen and oxygen atoms in total. The van der Waals surface area contributed by atoms with Crippen LogP contribution in [0.2, 0.25) is 0 Å². The average molecular weight is 231 g/mol. The predicted molar refractivity (Wildman–Crippen MR) is 64.8 cm³/mol. The first-order valence-electron chi connectivity index (χ1n) is 5.19. The Labute approximate surface area is 98.3 Å². The maximum absolute atomic E-state index is 11.2. The van der Waals surface area contributed by atoms with E-state index in [0.29, 0.717) is 23.0 Å². The van der Waals surface area contributed by atoms with Crippen LogP contribution in [0.3, 0.4) is 0 Å². The summed E-state index contributed by atoms with van der Waals surface area (Å²) in [6.45, 7) is 1.99. The van der Waals surface area contributed by atoms with Crippen LogP contribution in [0.5, 0.6) is 5.75 Å². The summed E-state index contributed by atoms with van der Waals surface area (Å²) in [6.07, 6.45) is 0. The Bertz CT molecular complexity index is 561. The van der Waals surface area contributed by atoms with Crippen LogP contribution in [0.4, 0.5) is 5.69 Å². The van der Waals surface area contributed by atoms with Gasteiger partial charge in [0, 0.05) is 11.8 Å². The minimum atomic E-state index is -0.173. The van der Waals surface area contributed by atoms with E-state index in [4.69, 9.17) is 10.5 Å². The van der Waals surface area contributed by atoms with Crippen LogP contribution >= 0.6 is 0 Å². The molecule has 0 saturated heterocycles. The quantitative estimate of drug-likeness (QED) is 0.779. The molecule has 0 unspecified atom stereocenters. The number of aromatic nitrogens is 2. The molecule has 2 rings (SSSR count). The minimum absolute atomic E-state index is 0.173. The number of aromatic amines is 1. The van der Waals surface area contributed by atoms with Crippen molar-refractivity contribution in [1.29, 1.82) is 0 Å². The van der Waals surface area contributed by atoms with Crippen molar-refractivity contribution in [3.8, 4) is 5.75 Å². The van der Waals surface area contributed by atoms with Crippen molar-refractivity contribution >= 4 is 5.69 Å². The Balaban J connectivity index is 2.07. The Morgan fingerprint density at radius 3 is 2.71 bits per heavy atom. The summed E-state index contributed by atoms with van der Waals surface area (Å²) >= 11 is 0. The van der Waals surface area contributed by atoms with E-state index < -0.39 is 0 Å². The third-order valence-corrected chi connectivity index (χ3v) is 2.18. The molecule has 0 aliphatic heterocycles. The van der Waals surface area contributed by atoms with Crippen LogP contribution in [0.1, 0.15) is 11.5 Å². The lowest BCUT2D eigenvalue weighted by Gasteiger charge is -2.06. The van der Waals surface area contributed by atoms with Crippen molar-refractivity contribution in [3.05, 3.63) is 52.2 Å². The molecule has 5 heteroatoms. The molecule has 1 heterocycles. The number of hydrogen-bond donors (Lipinski definition) is 2. The van der Waals surface area contributed by atoms with Gasteiger partial charge in [0.25, 0.3) is 5.56 Å². The van der Waals surface area contributed by atoms with Gasteiger partial charge in [0.2, 0.25) is 0 Å². The highest BCUT2D eigenvalue weighted by Crippen LogP contribution is 2.14. The Kier molecular flexibility index (Phi) is 3.09. The molecule has 0 amide bonds. The molecular formula is C12H13N3O2. The lowest BCUT2D eigenvalue weighted by Crippen LogP contribution is -2.12. The number of rotatable bonds is 3. The first-order chi connectivity index (χ1) is 8.13. The van der Waals surface area contributed by atoms with Gasteiger partial charge in [-0.15, -0.1) is 0 Å². The molecule has 0 aliphatic carbocycles. The molecule has 0 fully saturated rings. The van der Waals surface area contributed by atoms with Gasteiger partial charge >= 0.3 is 0 Å². The SMILES string of the molecule is Cc1nc(COc2ccc(N)cc2)cc(=O)[nH]1. The molecule has 0 aliphatic rings. The fraction of sp³-hybridized carbons (Fsp3) is 0.167. The number of nitrogen functional groups attached to an aromatic ring is 1. The zero-order chi connectivity index (χ0) is 12.3. The summed E-state index contributed by atoms with van der Waals surface area (Å²) in [5, 5.41) is 0. The van der Waals surface area contributed by atoms with Crippen molar-refractivity contribution in [2.24, 2.45) is 0 Å². The van der Waals surface area contributed by atoms with E-state index in [9.17, 15) is 4.79 Å². The van der Waals surface area contributed by atoms with E-state index in [1.54, 1.807) is 31.2 Å². The van der Waals surface area contributed by atoms with Crippen LogP contribution in [0, 0.1) is 6.92 Å². The summed E-state index contributed by atoms with van der Waals surface area (Å²) in [4.78, 5) is 17.9. The highest BCUT2D eigenvalue weighted by molar-refractivity contribution is 5.41. The average Bonchev–Trinajstić information content (AvgIpc) is 2.27. The standard InChI is InChI=1S/C12H13N3O2/c1-8-14-10(6-12(16)15-8)7-17-11-4-2-9(13)3-5-11/h2-6H,7,13H2,1H3,(H,14,15,16). The minimum Gasteiger partial charge on any atom is -0.487 e. The Morgan fingerprint density at radius 2 is 2.06 bits per heavy atom. The molecule has 1 aromatic heterocycles. The first kappa shape index (κ1) is 11.2. The number of aryl methyl sites for hydroxylation is 1. The van der Waals surface area contributed by atoms with E-state index in [1.165, 1.54) is 6.07 Å². The zero-order valence-electron chi connectivity index (χ0n) is 9.43. The number of anilines is 1. The third-order valence-electron chi connectivity index (χ3n) is 2.18. The van der Waals surface area contributed by atoms with E-state index in [1.807, 2.05) is 0 Å². The van der Waals surface area contributed by atoms with Gasteiger partial charge in [0.05, 0.1) is 5.69 Å². The van der Waals surface area contributed by atoms with Gasteiger partial charge in [-0.1, -0.05) is 0 Å². The first-order valence-corrected chi connectivity index (χ1v) is 5.19. The second kappa shape index (κ2) is 4.69. The molecule has 0 radical (unpaired) electrons. The van der Waals surface area contributed by atoms with Crippen LogP contribution in [0.15, 0.2) is 35.1 Å². The smallest absolute Gasteiger partial charge is 0.251 e. The van der Waals surface area contributed by atoms with Gasteiger partial charge in [-0.3, -0.25) is 4.79 Å². The number of benzene rings is 1. The summed E-state index contributed by atoms with van der Waals surface area (Å²) < 4.78 is 5.49. The van der Waals surface area contributed by atoms with Crippen LogP contribution in [0.25, 0.3) is 0 Å². The molecule has 1 aromatic carbocycles. The number of nitrogens with two attached hydrogens (primary N) is 1. The van der Waals surface area contributed by atoms with Crippen molar-refractivity contribution in [2.75, 3.05) is 5.73 Å². The fourth-order valence-electron chi connectivity index (χ4n) is 1.44. The summed E-state index contributed by atoms with van der Waals surface area (Å²) in [7, 11) is 0. The second-order valence-electron chi connectivity index (χ2n) is 3.68. The van der Waals surface area contributed by atoms with Gasteiger partial charge in [-0.2, -0.15) is 0 Å². The highest BCUT2D eigenvalue weighted by Gasteiger charge is 2.00. The Morgan fingerprint density at radius 1 is 1.35 bits per heavy atom. The largest absolute Gasteiger partial charge is 0.487 e. The molecule has 3 N–H and O–H groups in total. The lowest BCUT2D eigenvalue weighted by atomic mass is 10.3. The number of hydrogen-bond acceptors (Lipinski definition) is 4. The maximum atomic E-state index is 11.2. The summed E-state index contributed by atoms with van der Waals surface area (Å²) in [6, 6.07) is 8.48. The topological polar surface area (TPSA) is 81.0 Å². The molecule has 88 valence electrons. The maximum Gasteiger partial charge on any atom is 0.251 e. The third kappa shape index (κ3) is 3.07. The van der Waals surface area contributed by atoms with Gasteiger partial charge in [-0.25, -0.2) is 4.98 Å². The van der Waals surface area contributed by atoms with Gasteiger partial charge in [0.1, 0.15) is 18.2 Å². The Hall–Kier alpha value is -2.30. The van der Waals surface area contributed by atoms with Crippen molar-refractivity contribution in [1.82, 2.24) is 9.97 Å². The van der Waals surface area contributed by atoms with Crippen LogP contribution < -0.4 is 16.0 Å². The summed E-state index contributed by atoms with van der Waals surface area (Å²) in [5.41, 5.74) is 6.67. The molecule has 0 saturated carbocycles. The van der Waals surface area contributed by atoms with E-state index in [-0.39, 0.29) is 12.2 Å². The van der Waals surface area contributed by atoms with Crippen molar-refractivity contribution < 1.29 is 4.74 Å². The predicted octanol–water partition coefficient (Wildman–Crippen LogP) is 1.24. The van der Waals surface area contributed by atoms with Gasteiger partial charge in [0.15, 0.2) is 0 Å². The molecule has 0 spiro atoms. The highest BCUT2D eigenvalue weighted by atomic mass is 16.5. The fourth-order valence-corrected chi connectivity index (χ4v) is 1.44. The van der Waals surface area contributed by atoms with E-state index >= 15 is 0 Å². The number of nitrogens with zero attached hydrogens (tertiary/aromatic N) is 1. The van der Waals surface area contributed by atoms with Crippen LogP contribution in [-0.2, 0) is 6.61 Å². The van der Waals surface area contributed by atoms with E-state index in [0.717, 1.165) is 0 Å². The zero-order valence-corrected chi connectivity index (χ0v) is 9.43. The van der Waals surface area contributed by atoms with Gasteiger partial charge in [-0.05, 0) is 31.2 Å². The number of nitrogens with one attached hydrogen (secondary N) is 1.